The van der Waals surface area contributed by atoms with Gasteiger partial charge in [0.1, 0.15) is 0 Å². The number of benzene rings is 1. The molecule has 0 saturated carbocycles. The van der Waals surface area contributed by atoms with Gasteiger partial charge in [-0.15, -0.1) is 6.58 Å². The lowest BCUT2D eigenvalue weighted by Gasteiger charge is -2.19. The second-order valence-electron chi connectivity index (χ2n) is 3.67. The predicted octanol–water partition coefficient (Wildman–Crippen LogP) is 1.00. The average Bonchev–Trinajstić information content (AvgIpc) is 2.38. The molecule has 0 aliphatic heterocycles. The van der Waals surface area contributed by atoms with Crippen LogP contribution < -0.4 is 4.74 Å². The second kappa shape index (κ2) is 6.65. The highest BCUT2D eigenvalue weighted by molar-refractivity contribution is 7.89. The first-order chi connectivity index (χ1) is 8.97. The minimum Gasteiger partial charge on any atom is -0.494 e. The summed E-state index contributed by atoms with van der Waals surface area (Å²) < 4.78 is 43.7. The van der Waals surface area contributed by atoms with Crippen LogP contribution in [0.3, 0.4) is 0 Å². The molecule has 0 fully saturated rings. The maximum absolute atomic E-state index is 13.5. The molecule has 0 aromatic heterocycles. The van der Waals surface area contributed by atoms with E-state index in [1.807, 2.05) is 0 Å². The Balaban J connectivity index is 3.17. The zero-order valence-corrected chi connectivity index (χ0v) is 11.4. The third-order valence-electron chi connectivity index (χ3n) is 2.44. The van der Waals surface area contributed by atoms with Crippen molar-refractivity contribution in [1.29, 1.82) is 0 Å². The van der Waals surface area contributed by atoms with Gasteiger partial charge in [0, 0.05) is 13.1 Å². The molecule has 0 heterocycles. The average molecular weight is 289 g/mol. The molecule has 1 N–H and O–H groups in total. The summed E-state index contributed by atoms with van der Waals surface area (Å²) in [6, 6.07) is 3.39. The number of aliphatic hydroxyl groups excluding tert-OH is 1. The summed E-state index contributed by atoms with van der Waals surface area (Å²) in [6.45, 7) is 3.08. The Hall–Kier alpha value is -1.44. The van der Waals surface area contributed by atoms with E-state index in [0.717, 1.165) is 10.4 Å². The second-order valence-corrected chi connectivity index (χ2v) is 5.61. The van der Waals surface area contributed by atoms with Gasteiger partial charge in [-0.05, 0) is 18.2 Å². The molecule has 19 heavy (non-hydrogen) atoms. The summed E-state index contributed by atoms with van der Waals surface area (Å²) in [4.78, 5) is -0.193. The van der Waals surface area contributed by atoms with Crippen molar-refractivity contribution in [1.82, 2.24) is 4.31 Å². The van der Waals surface area contributed by atoms with Gasteiger partial charge in [-0.25, -0.2) is 12.8 Å². The molecule has 5 nitrogen and oxygen atoms in total. The fraction of sp³-hybridized carbons (Fsp3) is 0.333. The van der Waals surface area contributed by atoms with Gasteiger partial charge >= 0.3 is 0 Å². The normalized spacial score (nSPS) is 11.6. The lowest BCUT2D eigenvalue weighted by atomic mass is 10.3. The number of hydrogen-bond donors (Lipinski definition) is 1. The van der Waals surface area contributed by atoms with E-state index in [1.165, 1.54) is 25.3 Å². The van der Waals surface area contributed by atoms with Crippen LogP contribution in [0.25, 0.3) is 0 Å². The predicted molar refractivity (Wildman–Crippen MR) is 69.0 cm³/mol. The molecule has 0 spiro atoms. The number of rotatable bonds is 7. The topological polar surface area (TPSA) is 66.8 Å². The third kappa shape index (κ3) is 3.52. The molecule has 0 aliphatic rings. The fourth-order valence-electron chi connectivity index (χ4n) is 1.52. The van der Waals surface area contributed by atoms with E-state index in [9.17, 15) is 12.8 Å². The van der Waals surface area contributed by atoms with E-state index < -0.39 is 15.8 Å². The molecule has 1 aromatic rings. The number of sulfonamides is 1. The Morgan fingerprint density at radius 1 is 1.53 bits per heavy atom. The van der Waals surface area contributed by atoms with Crippen molar-refractivity contribution < 1.29 is 22.7 Å². The van der Waals surface area contributed by atoms with Gasteiger partial charge in [0.05, 0.1) is 18.6 Å². The van der Waals surface area contributed by atoms with Crippen LogP contribution >= 0.6 is 0 Å². The van der Waals surface area contributed by atoms with Gasteiger partial charge in [0.15, 0.2) is 11.6 Å². The van der Waals surface area contributed by atoms with Gasteiger partial charge in [-0.2, -0.15) is 4.31 Å². The molecule has 0 aliphatic carbocycles. The van der Waals surface area contributed by atoms with Crippen molar-refractivity contribution in [3.8, 4) is 5.75 Å². The summed E-state index contributed by atoms with van der Waals surface area (Å²) in [5.41, 5.74) is 0. The van der Waals surface area contributed by atoms with Crippen LogP contribution in [0.4, 0.5) is 4.39 Å². The summed E-state index contributed by atoms with van der Waals surface area (Å²) >= 11 is 0. The van der Waals surface area contributed by atoms with Gasteiger partial charge in [0.25, 0.3) is 0 Å². The Kier molecular flexibility index (Phi) is 5.46. The van der Waals surface area contributed by atoms with E-state index in [2.05, 4.69) is 6.58 Å². The van der Waals surface area contributed by atoms with Crippen molar-refractivity contribution in [2.75, 3.05) is 26.8 Å². The number of aliphatic hydroxyl groups is 1. The quantitative estimate of drug-likeness (QED) is 0.761. The molecular weight excluding hydrogens is 273 g/mol. The summed E-state index contributed by atoms with van der Waals surface area (Å²) in [5.74, 6) is -0.789. The lowest BCUT2D eigenvalue weighted by Crippen LogP contribution is -2.33. The monoisotopic (exact) mass is 289 g/mol. The van der Waals surface area contributed by atoms with Crippen LogP contribution in [-0.2, 0) is 10.0 Å². The highest BCUT2D eigenvalue weighted by atomic mass is 32.2. The molecule has 0 saturated heterocycles. The summed E-state index contributed by atoms with van der Waals surface area (Å²) in [6.07, 6.45) is 1.40. The Bertz CT molecular complexity index is 545. The third-order valence-corrected chi connectivity index (χ3v) is 4.30. The molecule has 0 bridgehead atoms. The van der Waals surface area contributed by atoms with Crippen molar-refractivity contribution in [3.63, 3.8) is 0 Å². The molecule has 0 amide bonds. The van der Waals surface area contributed by atoms with Gasteiger partial charge in [-0.3, -0.25) is 0 Å². The number of ether oxygens (including phenoxy) is 1. The Morgan fingerprint density at radius 2 is 2.21 bits per heavy atom. The molecule has 0 atom stereocenters. The number of hydrogen-bond acceptors (Lipinski definition) is 4. The molecule has 0 radical (unpaired) electrons. The van der Waals surface area contributed by atoms with Crippen molar-refractivity contribution in [2.45, 2.75) is 4.90 Å². The Morgan fingerprint density at radius 3 is 2.68 bits per heavy atom. The highest BCUT2D eigenvalue weighted by Crippen LogP contribution is 2.22. The van der Waals surface area contributed by atoms with E-state index in [0.29, 0.717) is 0 Å². The van der Waals surface area contributed by atoms with Crippen LogP contribution in [0.1, 0.15) is 0 Å². The zero-order valence-electron chi connectivity index (χ0n) is 10.5. The molecule has 1 aromatic carbocycles. The number of halogens is 1. The van der Waals surface area contributed by atoms with Crippen LogP contribution in [0.5, 0.6) is 5.75 Å². The van der Waals surface area contributed by atoms with Crippen LogP contribution in [0.2, 0.25) is 0 Å². The highest BCUT2D eigenvalue weighted by Gasteiger charge is 2.24. The Labute approximate surface area is 112 Å². The molecule has 0 unspecified atom stereocenters. The first-order valence-corrected chi connectivity index (χ1v) is 6.96. The van der Waals surface area contributed by atoms with E-state index >= 15 is 0 Å². The van der Waals surface area contributed by atoms with Crippen LogP contribution in [-0.4, -0.2) is 44.6 Å². The SMILES string of the molecule is C=CCN(CCO)S(=O)(=O)c1ccc(OC)c(F)c1. The van der Waals surface area contributed by atoms with Crippen molar-refractivity contribution >= 4 is 10.0 Å². The lowest BCUT2D eigenvalue weighted by molar-refractivity contribution is 0.260. The molecular formula is C12H16FNO4S. The van der Waals surface area contributed by atoms with Crippen molar-refractivity contribution in [3.05, 3.63) is 36.7 Å². The minimum atomic E-state index is -3.87. The first-order valence-electron chi connectivity index (χ1n) is 5.52. The van der Waals surface area contributed by atoms with Gasteiger partial charge in [0.2, 0.25) is 10.0 Å². The number of methoxy groups -OCH3 is 1. The smallest absolute Gasteiger partial charge is 0.243 e. The van der Waals surface area contributed by atoms with Gasteiger partial charge in [-0.1, -0.05) is 6.08 Å². The molecule has 106 valence electrons. The summed E-state index contributed by atoms with van der Waals surface area (Å²) in [7, 11) is -2.57. The van der Waals surface area contributed by atoms with E-state index in [4.69, 9.17) is 9.84 Å². The molecule has 1 rings (SSSR count). The zero-order chi connectivity index (χ0) is 14.5. The maximum atomic E-state index is 13.5. The van der Waals surface area contributed by atoms with E-state index in [1.54, 1.807) is 0 Å². The maximum Gasteiger partial charge on any atom is 0.243 e. The first kappa shape index (κ1) is 15.6. The van der Waals surface area contributed by atoms with Crippen LogP contribution in [0.15, 0.2) is 35.7 Å². The number of nitrogens with zero attached hydrogens (tertiary/aromatic N) is 1. The minimum absolute atomic E-state index is 0.0311. The standard InChI is InChI=1S/C12H16FNO4S/c1-3-6-14(7-8-15)19(16,17)10-4-5-12(18-2)11(13)9-10/h3-5,9,15H,1,6-8H2,2H3. The summed E-state index contributed by atoms with van der Waals surface area (Å²) in [5, 5.41) is 8.88. The molecule has 7 heteroatoms. The van der Waals surface area contributed by atoms with E-state index in [-0.39, 0.29) is 30.3 Å². The van der Waals surface area contributed by atoms with Crippen LogP contribution in [0, 0.1) is 5.82 Å². The largest absolute Gasteiger partial charge is 0.494 e. The van der Waals surface area contributed by atoms with Crippen molar-refractivity contribution in [2.24, 2.45) is 0 Å². The van der Waals surface area contributed by atoms with Gasteiger partial charge < -0.3 is 9.84 Å². The fourth-order valence-corrected chi connectivity index (χ4v) is 2.94.